The average Bonchev–Trinajstić information content (AvgIpc) is 1.64. The Morgan fingerprint density at radius 2 is 0.645 bits per heavy atom. The molecule has 442 valence electrons. The number of rotatable bonds is 12. The summed E-state index contributed by atoms with van der Waals surface area (Å²) in [6, 6.07) is 89.1. The lowest BCUT2D eigenvalue weighted by molar-refractivity contribution is 0.359. The molecule has 12 heteroatoms. The Balaban J connectivity index is 0.888. The Labute approximate surface area is 534 Å². The van der Waals surface area contributed by atoms with E-state index in [1.165, 1.54) is 0 Å². The van der Waals surface area contributed by atoms with Crippen molar-refractivity contribution in [1.82, 2.24) is 39.9 Å². The van der Waals surface area contributed by atoms with Crippen molar-refractivity contribution in [3.05, 3.63) is 290 Å². The van der Waals surface area contributed by atoms with Crippen molar-refractivity contribution in [1.29, 1.82) is 0 Å². The standard InChI is InChI=1S/C81H54N8O4/c1-49-21-20-33-61(53-28-12-5-13-29-53)73(49)93-57-40-44-65-69(48-57)81-88-76-64-43-39-56(92-72-36-19-16-32-60(72)52-26-10-4-11-27-52)47-68(64)79(86-76)84-74-62-41-37-54(90-70-34-17-14-30-58(70)50-22-6-2-7-23-50)45-66(62)78(82-74)83-75-63-42-38-55(46-67(63)80(85-75)87-77(65)89-81)91-71-35-18-15-31-59(71)51-24-8-3-9-25-51/h2-20,22-49H,21H2,1H3,(H2,82,83,84,85,86,87,88,89). The highest BCUT2D eigenvalue weighted by Crippen LogP contribution is 2.45. The minimum absolute atomic E-state index is 0.119. The van der Waals surface area contributed by atoms with Gasteiger partial charge in [-0.3, -0.25) is 0 Å². The molecule has 93 heavy (non-hydrogen) atoms. The molecule has 0 saturated heterocycles. The zero-order valence-electron chi connectivity index (χ0n) is 50.2. The Morgan fingerprint density at radius 1 is 0.301 bits per heavy atom. The maximum absolute atomic E-state index is 7.01. The van der Waals surface area contributed by atoms with Crippen LogP contribution in [0.5, 0.6) is 40.2 Å². The van der Waals surface area contributed by atoms with E-state index in [1.54, 1.807) is 0 Å². The van der Waals surface area contributed by atoms with Gasteiger partial charge < -0.3 is 28.9 Å². The van der Waals surface area contributed by atoms with E-state index in [1.807, 2.05) is 188 Å². The molecule has 8 bridgehead atoms. The summed E-state index contributed by atoms with van der Waals surface area (Å²) < 4.78 is 27.5. The molecule has 3 aliphatic rings. The normalized spacial score (nSPS) is 13.2. The highest BCUT2D eigenvalue weighted by Gasteiger charge is 2.27. The second kappa shape index (κ2) is 23.1. The summed E-state index contributed by atoms with van der Waals surface area (Å²) in [5.74, 6) is 7.24. The minimum atomic E-state index is 0.119. The molecule has 14 aromatic rings. The topological polar surface area (TPSA) is 146 Å². The summed E-state index contributed by atoms with van der Waals surface area (Å²) in [4.78, 5) is 39.8. The van der Waals surface area contributed by atoms with Crippen molar-refractivity contribution >= 4 is 49.7 Å². The van der Waals surface area contributed by atoms with Gasteiger partial charge in [-0.2, -0.15) is 0 Å². The lowest BCUT2D eigenvalue weighted by Crippen LogP contribution is -2.11. The number of aromatic amines is 2. The Bertz CT molecular complexity index is 5420. The first-order valence-electron chi connectivity index (χ1n) is 30.9. The average molecular weight is 1200 g/mol. The van der Waals surface area contributed by atoms with E-state index >= 15 is 0 Å². The van der Waals surface area contributed by atoms with Crippen LogP contribution < -0.4 is 18.9 Å². The Morgan fingerprint density at radius 3 is 1.08 bits per heavy atom. The fourth-order valence-electron chi connectivity index (χ4n) is 12.6. The summed E-state index contributed by atoms with van der Waals surface area (Å²) in [7, 11) is 0. The molecule has 11 aromatic carbocycles. The first kappa shape index (κ1) is 54.6. The molecule has 2 N–H and O–H groups in total. The highest BCUT2D eigenvalue weighted by molar-refractivity contribution is 6.07. The Hall–Kier alpha value is -12.5. The van der Waals surface area contributed by atoms with Gasteiger partial charge in [-0.25, -0.2) is 29.9 Å². The lowest BCUT2D eigenvalue weighted by Gasteiger charge is -2.23. The summed E-state index contributed by atoms with van der Waals surface area (Å²) in [6.45, 7) is 2.20. The van der Waals surface area contributed by atoms with Gasteiger partial charge in [0.2, 0.25) is 0 Å². The van der Waals surface area contributed by atoms with Crippen LogP contribution in [0.2, 0.25) is 0 Å². The molecule has 2 aliphatic heterocycles. The van der Waals surface area contributed by atoms with Gasteiger partial charge >= 0.3 is 0 Å². The summed E-state index contributed by atoms with van der Waals surface area (Å²) in [6.07, 6.45) is 5.22. The molecular weight excluding hydrogens is 1150 g/mol. The van der Waals surface area contributed by atoms with Crippen LogP contribution in [0.15, 0.2) is 285 Å². The number of H-pyrrole nitrogens is 2. The molecule has 12 nitrogen and oxygen atoms in total. The molecule has 1 atom stereocenters. The minimum Gasteiger partial charge on any atom is -0.461 e. The third-order valence-corrected chi connectivity index (χ3v) is 17.1. The molecule has 1 unspecified atom stereocenters. The van der Waals surface area contributed by atoms with Crippen LogP contribution in [-0.4, -0.2) is 39.9 Å². The van der Waals surface area contributed by atoms with Gasteiger partial charge in [-0.1, -0.05) is 195 Å². The van der Waals surface area contributed by atoms with E-state index in [0.29, 0.717) is 91.7 Å². The largest absolute Gasteiger partial charge is 0.461 e. The first-order valence-corrected chi connectivity index (χ1v) is 30.9. The third-order valence-electron chi connectivity index (χ3n) is 17.1. The Kier molecular flexibility index (Phi) is 13.6. The second-order valence-corrected chi connectivity index (χ2v) is 23.1. The molecule has 0 amide bonds. The lowest BCUT2D eigenvalue weighted by atomic mass is 9.91. The number of para-hydroxylation sites is 3. The van der Waals surface area contributed by atoms with Crippen molar-refractivity contribution in [3.63, 3.8) is 0 Å². The van der Waals surface area contributed by atoms with E-state index in [0.717, 1.165) is 94.9 Å². The molecule has 1 aliphatic carbocycles. The fraction of sp³-hybridized carbons (Fsp3) is 0.0370. The van der Waals surface area contributed by atoms with Crippen molar-refractivity contribution < 1.29 is 18.9 Å². The maximum Gasteiger partial charge on any atom is 0.164 e. The summed E-state index contributed by atoms with van der Waals surface area (Å²) >= 11 is 0. The van der Waals surface area contributed by atoms with Crippen LogP contribution in [-0.2, 0) is 0 Å². The number of hydrogen-bond donors (Lipinski definition) is 2. The molecule has 0 spiro atoms. The monoisotopic (exact) mass is 1200 g/mol. The van der Waals surface area contributed by atoms with Gasteiger partial charge in [0.1, 0.15) is 68.6 Å². The number of aromatic nitrogens is 8. The van der Waals surface area contributed by atoms with E-state index in [4.69, 9.17) is 48.9 Å². The second-order valence-electron chi connectivity index (χ2n) is 23.1. The van der Waals surface area contributed by atoms with E-state index < -0.39 is 0 Å². The zero-order chi connectivity index (χ0) is 61.8. The summed E-state index contributed by atoms with van der Waals surface area (Å²) in [5, 5.41) is 3.04. The number of allylic oxidation sites excluding steroid dienone is 4. The first-order chi connectivity index (χ1) is 45.9. The molecule has 3 aromatic heterocycles. The molecule has 0 fully saturated rings. The summed E-state index contributed by atoms with van der Waals surface area (Å²) in [5.41, 5.74) is 13.1. The molecular formula is C81H54N8O4. The van der Waals surface area contributed by atoms with E-state index in [2.05, 4.69) is 108 Å². The van der Waals surface area contributed by atoms with E-state index in [-0.39, 0.29) is 5.92 Å². The van der Waals surface area contributed by atoms with Gasteiger partial charge in [0.05, 0.1) is 0 Å². The predicted octanol–water partition coefficient (Wildman–Crippen LogP) is 20.6. The van der Waals surface area contributed by atoms with Crippen LogP contribution >= 0.6 is 0 Å². The third kappa shape index (κ3) is 10.4. The van der Waals surface area contributed by atoms with Crippen LogP contribution in [0.3, 0.4) is 0 Å². The fourth-order valence-corrected chi connectivity index (χ4v) is 12.6. The van der Waals surface area contributed by atoms with Gasteiger partial charge in [-0.05, 0) is 120 Å². The zero-order valence-corrected chi connectivity index (χ0v) is 50.2. The van der Waals surface area contributed by atoms with Gasteiger partial charge in [0, 0.05) is 72.0 Å². The quantitative estimate of drug-likeness (QED) is 0.121. The van der Waals surface area contributed by atoms with E-state index in [9.17, 15) is 0 Å². The molecule has 17 rings (SSSR count). The van der Waals surface area contributed by atoms with Crippen molar-refractivity contribution in [2.24, 2.45) is 5.92 Å². The smallest absolute Gasteiger partial charge is 0.164 e. The van der Waals surface area contributed by atoms with Crippen molar-refractivity contribution in [3.8, 4) is 119 Å². The number of ether oxygens (including phenoxy) is 4. The molecule has 0 radical (unpaired) electrons. The van der Waals surface area contributed by atoms with Crippen molar-refractivity contribution in [2.45, 2.75) is 13.3 Å². The number of nitrogens with zero attached hydrogens (tertiary/aromatic N) is 6. The van der Waals surface area contributed by atoms with Gasteiger partial charge in [0.15, 0.2) is 23.3 Å². The number of fused-ring (bicyclic) bond motifs is 20. The number of benzene rings is 11. The molecule has 0 saturated carbocycles. The number of hydrogen-bond acceptors (Lipinski definition) is 10. The maximum atomic E-state index is 7.01. The number of nitrogens with one attached hydrogen (secondary N) is 2. The molecule has 5 heterocycles. The van der Waals surface area contributed by atoms with Crippen LogP contribution in [0, 0.1) is 5.92 Å². The van der Waals surface area contributed by atoms with Crippen LogP contribution in [0.4, 0.5) is 0 Å². The SMILES string of the molecule is CC1CC=CC(c2ccccc2)=C1Oc1ccc2c(c1)-c1nc-2nc2[nH]c(nc3nc(nc4[nH]c(n1)c1ccc(Oc5ccccc5-c5ccccc5)cc41)-c1ccc(Oc4ccccc4-c4ccccc4)cc1-3)c1ccc(Oc3ccccc3-c3ccccc3)cc21. The predicted molar refractivity (Wildman–Crippen MR) is 369 cm³/mol. The van der Waals surface area contributed by atoms with Crippen LogP contribution in [0.25, 0.3) is 129 Å². The van der Waals surface area contributed by atoms with Gasteiger partial charge in [0.25, 0.3) is 0 Å². The van der Waals surface area contributed by atoms with Crippen molar-refractivity contribution in [2.75, 3.05) is 0 Å². The highest BCUT2D eigenvalue weighted by atomic mass is 16.5. The van der Waals surface area contributed by atoms with Crippen LogP contribution in [0.1, 0.15) is 18.9 Å². The van der Waals surface area contributed by atoms with Gasteiger partial charge in [-0.15, -0.1) is 0 Å².